The summed E-state index contributed by atoms with van der Waals surface area (Å²) >= 11 is 24.3. The highest BCUT2D eigenvalue weighted by Gasteiger charge is 2.24. The Morgan fingerprint density at radius 1 is 0.907 bits per heavy atom. The highest BCUT2D eigenvalue weighted by molar-refractivity contribution is 7.80. The highest BCUT2D eigenvalue weighted by Crippen LogP contribution is 2.34. The fraction of sp³-hybridized carbons (Fsp3) is 0.156. The summed E-state index contributed by atoms with van der Waals surface area (Å²) in [5.74, 6) is 0.604. The predicted octanol–water partition coefficient (Wildman–Crippen LogP) is 7.70. The molecule has 3 aromatic carbocycles. The number of anilines is 2. The van der Waals surface area contributed by atoms with E-state index in [0.29, 0.717) is 64.0 Å². The summed E-state index contributed by atoms with van der Waals surface area (Å²) in [6.07, 6.45) is 2.84. The molecule has 1 aliphatic rings. The summed E-state index contributed by atoms with van der Waals surface area (Å²) in [5, 5.41) is 7.06. The Kier molecular flexibility index (Phi) is 9.72. The van der Waals surface area contributed by atoms with E-state index >= 15 is 0 Å². The average Bonchev–Trinajstić information content (AvgIpc) is 3.46. The van der Waals surface area contributed by atoms with E-state index in [4.69, 9.17) is 51.4 Å². The third-order valence-corrected chi connectivity index (χ3v) is 8.29. The quantitative estimate of drug-likeness (QED) is 0.164. The second-order valence-corrected chi connectivity index (χ2v) is 11.4. The van der Waals surface area contributed by atoms with E-state index in [2.05, 4.69) is 15.5 Å². The lowest BCUT2D eigenvalue weighted by molar-refractivity contribution is -0.115. The molecule has 0 atom stereocenters. The summed E-state index contributed by atoms with van der Waals surface area (Å²) in [5.41, 5.74) is 3.86. The first-order valence-electron chi connectivity index (χ1n) is 13.4. The molecule has 2 amide bonds. The van der Waals surface area contributed by atoms with Gasteiger partial charge in [-0.25, -0.2) is 0 Å². The van der Waals surface area contributed by atoms with Crippen molar-refractivity contribution in [3.05, 3.63) is 111 Å². The molecule has 220 valence electrons. The van der Waals surface area contributed by atoms with Crippen molar-refractivity contribution in [1.29, 1.82) is 0 Å². The number of hydrogen-bond donors (Lipinski definition) is 2. The van der Waals surface area contributed by atoms with Crippen LogP contribution in [0.5, 0.6) is 0 Å². The Morgan fingerprint density at radius 2 is 1.67 bits per heavy atom. The number of carbonyl (C=O) groups is 2. The number of rotatable bonds is 6. The van der Waals surface area contributed by atoms with Gasteiger partial charge in [-0.1, -0.05) is 59.1 Å². The number of benzene rings is 3. The molecule has 0 radical (unpaired) electrons. The van der Waals surface area contributed by atoms with Gasteiger partial charge in [-0.2, -0.15) is 0 Å². The fourth-order valence-corrected chi connectivity index (χ4v) is 5.64. The number of nitrogens with zero attached hydrogens (tertiary/aromatic N) is 2. The van der Waals surface area contributed by atoms with E-state index in [0.717, 1.165) is 16.8 Å². The Bertz CT molecular complexity index is 1710. The van der Waals surface area contributed by atoms with Crippen LogP contribution in [0, 0.1) is 6.92 Å². The fourth-order valence-electron chi connectivity index (χ4n) is 4.73. The number of nitrogens with one attached hydrogen (secondary N) is 2. The van der Waals surface area contributed by atoms with Gasteiger partial charge < -0.3 is 19.5 Å². The van der Waals surface area contributed by atoms with Crippen molar-refractivity contribution in [2.45, 2.75) is 6.92 Å². The first kappa shape index (κ1) is 30.6. The standard InChI is InChI=1S/C32H27Cl3N4O3S/c1-20-5-2-3-6-23(20)31(41)39-17-15-38(16-18-39)27-12-9-21(19-26(27)34)36-32(43)37-29(40)14-11-22-10-13-28(42-22)24-7-4-8-25(33)30(24)35/h2-14,19H,15-18H2,1H3,(H2,36,37,40,43). The SMILES string of the molecule is Cc1ccccc1C(=O)N1CCN(c2ccc(NC(=S)NC(=O)C=Cc3ccc(-c4cccc(Cl)c4Cl)o3)cc2Cl)CC1. The molecule has 2 N–H and O–H groups in total. The number of carbonyl (C=O) groups excluding carboxylic acids is 2. The van der Waals surface area contributed by atoms with Gasteiger partial charge >= 0.3 is 0 Å². The van der Waals surface area contributed by atoms with E-state index in [1.54, 1.807) is 36.4 Å². The minimum Gasteiger partial charge on any atom is -0.457 e. The molecule has 4 aromatic rings. The van der Waals surface area contributed by atoms with Crippen LogP contribution in [0.3, 0.4) is 0 Å². The van der Waals surface area contributed by atoms with E-state index < -0.39 is 5.91 Å². The van der Waals surface area contributed by atoms with Crippen molar-refractivity contribution in [3.8, 4) is 11.3 Å². The minimum atomic E-state index is -0.433. The van der Waals surface area contributed by atoms with Crippen molar-refractivity contribution in [1.82, 2.24) is 10.2 Å². The second kappa shape index (κ2) is 13.7. The minimum absolute atomic E-state index is 0.0465. The molecule has 2 heterocycles. The van der Waals surface area contributed by atoms with Gasteiger partial charge in [0, 0.05) is 49.1 Å². The van der Waals surface area contributed by atoms with Crippen LogP contribution in [0.2, 0.25) is 15.1 Å². The molecule has 7 nitrogen and oxygen atoms in total. The number of halogens is 3. The van der Waals surface area contributed by atoms with Crippen molar-refractivity contribution in [2.75, 3.05) is 36.4 Å². The molecule has 43 heavy (non-hydrogen) atoms. The molecule has 1 saturated heterocycles. The molecule has 0 aliphatic carbocycles. The maximum atomic E-state index is 13.0. The van der Waals surface area contributed by atoms with Crippen molar-refractivity contribution < 1.29 is 14.0 Å². The van der Waals surface area contributed by atoms with Crippen LogP contribution in [-0.4, -0.2) is 48.0 Å². The van der Waals surface area contributed by atoms with Gasteiger partial charge in [0.25, 0.3) is 5.91 Å². The summed E-state index contributed by atoms with van der Waals surface area (Å²) in [6, 6.07) is 21.9. The van der Waals surface area contributed by atoms with Crippen molar-refractivity contribution in [2.24, 2.45) is 0 Å². The van der Waals surface area contributed by atoms with Gasteiger partial charge in [0.2, 0.25) is 5.91 Å². The third-order valence-electron chi connectivity index (χ3n) is 6.97. The molecule has 11 heteroatoms. The first-order valence-corrected chi connectivity index (χ1v) is 15.0. The van der Waals surface area contributed by atoms with Gasteiger partial charge in [0.05, 0.1) is 20.8 Å². The normalized spacial score (nSPS) is 13.3. The molecule has 0 spiro atoms. The number of aryl methyl sites for hydroxylation is 1. The van der Waals surface area contributed by atoms with Crippen LogP contribution >= 0.6 is 47.0 Å². The van der Waals surface area contributed by atoms with Gasteiger partial charge in [0.15, 0.2) is 5.11 Å². The smallest absolute Gasteiger partial charge is 0.254 e. The summed E-state index contributed by atoms with van der Waals surface area (Å²) in [7, 11) is 0. The zero-order valence-electron chi connectivity index (χ0n) is 23.1. The number of furan rings is 1. The van der Waals surface area contributed by atoms with E-state index in [-0.39, 0.29) is 11.0 Å². The number of piperazine rings is 1. The Morgan fingerprint density at radius 3 is 2.42 bits per heavy atom. The average molecular weight is 654 g/mol. The van der Waals surface area contributed by atoms with Crippen LogP contribution in [0.4, 0.5) is 11.4 Å². The van der Waals surface area contributed by atoms with Gasteiger partial charge in [-0.15, -0.1) is 0 Å². The second-order valence-electron chi connectivity index (χ2n) is 9.84. The van der Waals surface area contributed by atoms with Gasteiger partial charge in [0.1, 0.15) is 11.5 Å². The van der Waals surface area contributed by atoms with Crippen LogP contribution in [0.15, 0.2) is 83.3 Å². The molecule has 0 saturated carbocycles. The summed E-state index contributed by atoms with van der Waals surface area (Å²) in [4.78, 5) is 29.4. The maximum Gasteiger partial charge on any atom is 0.254 e. The molecule has 0 bridgehead atoms. The molecule has 0 unspecified atom stereocenters. The molecule has 1 fully saturated rings. The summed E-state index contributed by atoms with van der Waals surface area (Å²) in [6.45, 7) is 4.47. The van der Waals surface area contributed by atoms with Crippen LogP contribution in [-0.2, 0) is 4.79 Å². The van der Waals surface area contributed by atoms with E-state index in [9.17, 15) is 9.59 Å². The Labute approximate surface area is 270 Å². The first-order chi connectivity index (χ1) is 20.7. The predicted molar refractivity (Wildman–Crippen MR) is 178 cm³/mol. The molecular formula is C32H27Cl3N4O3S. The van der Waals surface area contributed by atoms with Crippen LogP contribution in [0.25, 0.3) is 17.4 Å². The van der Waals surface area contributed by atoms with Gasteiger partial charge in [-0.05, 0) is 79.3 Å². The third kappa shape index (κ3) is 7.40. The lowest BCUT2D eigenvalue weighted by atomic mass is 10.1. The lowest BCUT2D eigenvalue weighted by Crippen LogP contribution is -2.49. The van der Waals surface area contributed by atoms with Crippen molar-refractivity contribution >= 4 is 81.4 Å². The van der Waals surface area contributed by atoms with E-state index in [1.165, 1.54) is 12.2 Å². The van der Waals surface area contributed by atoms with Crippen molar-refractivity contribution in [3.63, 3.8) is 0 Å². The van der Waals surface area contributed by atoms with Crippen LogP contribution in [0.1, 0.15) is 21.7 Å². The Balaban J connectivity index is 1.12. The Hall–Kier alpha value is -3.82. The molecule has 1 aromatic heterocycles. The number of amides is 2. The number of hydrogen-bond acceptors (Lipinski definition) is 5. The summed E-state index contributed by atoms with van der Waals surface area (Å²) < 4.78 is 5.78. The zero-order valence-corrected chi connectivity index (χ0v) is 26.2. The van der Waals surface area contributed by atoms with E-state index in [1.807, 2.05) is 48.2 Å². The molecule has 1 aliphatic heterocycles. The molecular weight excluding hydrogens is 627 g/mol. The molecule has 5 rings (SSSR count). The topological polar surface area (TPSA) is 77.8 Å². The van der Waals surface area contributed by atoms with Crippen LogP contribution < -0.4 is 15.5 Å². The zero-order chi connectivity index (χ0) is 30.5. The largest absolute Gasteiger partial charge is 0.457 e. The van der Waals surface area contributed by atoms with Gasteiger partial charge in [-0.3, -0.25) is 14.9 Å². The monoisotopic (exact) mass is 652 g/mol. The maximum absolute atomic E-state index is 13.0. The highest BCUT2D eigenvalue weighted by atomic mass is 35.5. The number of thiocarbonyl (C=S) groups is 1. The lowest BCUT2D eigenvalue weighted by Gasteiger charge is -2.36.